The first kappa shape index (κ1) is 13.9. The number of rotatable bonds is 3. The van der Waals surface area contributed by atoms with E-state index in [0.29, 0.717) is 0 Å². The molecule has 0 aromatic rings. The van der Waals surface area contributed by atoms with Crippen molar-refractivity contribution in [2.45, 2.75) is 65.2 Å². The van der Waals surface area contributed by atoms with Crippen molar-refractivity contribution in [3.63, 3.8) is 0 Å². The fourth-order valence-electron chi connectivity index (χ4n) is 3.74. The normalized spacial score (nSPS) is 37.2. The van der Waals surface area contributed by atoms with Gasteiger partial charge in [0.15, 0.2) is 0 Å². The quantitative estimate of drug-likeness (QED) is 0.556. The van der Waals surface area contributed by atoms with Crippen LogP contribution < -0.4 is 0 Å². The maximum Gasteiger partial charge on any atom is -0.0165 e. The lowest BCUT2D eigenvalue weighted by Crippen LogP contribution is -2.20. The highest BCUT2D eigenvalue weighted by Crippen LogP contribution is 2.40. The predicted molar refractivity (Wildman–Crippen MR) is 80.5 cm³/mol. The van der Waals surface area contributed by atoms with E-state index in [0.717, 1.165) is 23.7 Å². The highest BCUT2D eigenvalue weighted by molar-refractivity contribution is 5.30. The predicted octanol–water partition coefficient (Wildman–Crippen LogP) is 5.75. The van der Waals surface area contributed by atoms with Gasteiger partial charge in [-0.1, -0.05) is 52.7 Å². The molecular weight excluding hydrogens is 216 g/mol. The first-order valence-electron chi connectivity index (χ1n) is 7.96. The number of hydrogen-bond acceptors (Lipinski definition) is 0. The largest absolute Gasteiger partial charge is 0.0953 e. The van der Waals surface area contributed by atoms with Gasteiger partial charge in [-0.15, -0.1) is 0 Å². The van der Waals surface area contributed by atoms with Crippen molar-refractivity contribution in [3.05, 3.63) is 24.3 Å². The maximum absolute atomic E-state index is 4.40. The molecule has 0 bridgehead atoms. The monoisotopic (exact) mass is 246 g/mol. The lowest BCUT2D eigenvalue weighted by Gasteiger charge is -2.33. The molecule has 0 spiro atoms. The van der Waals surface area contributed by atoms with Crippen LogP contribution in [-0.2, 0) is 0 Å². The molecule has 0 unspecified atom stereocenters. The fraction of sp³-hybridized carbons (Fsp3) is 0.778. The molecule has 0 N–H and O–H groups in total. The topological polar surface area (TPSA) is 0 Å². The van der Waals surface area contributed by atoms with Gasteiger partial charge in [0, 0.05) is 0 Å². The van der Waals surface area contributed by atoms with E-state index >= 15 is 0 Å². The molecule has 2 fully saturated rings. The van der Waals surface area contributed by atoms with Gasteiger partial charge in [-0.25, -0.2) is 0 Å². The molecule has 0 aliphatic heterocycles. The lowest BCUT2D eigenvalue weighted by atomic mass is 9.72. The summed E-state index contributed by atoms with van der Waals surface area (Å²) in [5.41, 5.74) is 2.81. The molecule has 0 aromatic carbocycles. The van der Waals surface area contributed by atoms with Gasteiger partial charge in [0.25, 0.3) is 0 Å². The maximum atomic E-state index is 4.40. The molecule has 2 aliphatic carbocycles. The van der Waals surface area contributed by atoms with Gasteiger partial charge in [-0.05, 0) is 60.5 Å². The summed E-state index contributed by atoms with van der Waals surface area (Å²) in [5.74, 6) is 3.34. The summed E-state index contributed by atoms with van der Waals surface area (Å²) in [6.07, 6.45) is 10.9. The van der Waals surface area contributed by atoms with Crippen LogP contribution in [0, 0.1) is 23.7 Å². The summed E-state index contributed by atoms with van der Waals surface area (Å²) >= 11 is 0. The van der Waals surface area contributed by atoms with Crippen LogP contribution in [0.15, 0.2) is 24.3 Å². The van der Waals surface area contributed by atoms with Gasteiger partial charge in [-0.3, -0.25) is 0 Å². The van der Waals surface area contributed by atoms with Crippen molar-refractivity contribution >= 4 is 0 Å². The van der Waals surface area contributed by atoms with Crippen molar-refractivity contribution < 1.29 is 0 Å². The van der Waals surface area contributed by atoms with E-state index < -0.39 is 0 Å². The Balaban J connectivity index is 1.86. The fourth-order valence-corrected chi connectivity index (χ4v) is 3.74. The molecule has 0 amide bonds. The van der Waals surface area contributed by atoms with Crippen LogP contribution in [-0.4, -0.2) is 0 Å². The second kappa shape index (κ2) is 6.08. The van der Waals surface area contributed by atoms with Gasteiger partial charge < -0.3 is 0 Å². The van der Waals surface area contributed by atoms with Crippen molar-refractivity contribution in [2.75, 3.05) is 0 Å². The second-order valence-electron chi connectivity index (χ2n) is 6.96. The highest BCUT2D eigenvalue weighted by Gasteiger charge is 2.26. The molecule has 0 nitrogen and oxygen atoms in total. The summed E-state index contributed by atoms with van der Waals surface area (Å²) in [7, 11) is 0. The van der Waals surface area contributed by atoms with Crippen LogP contribution >= 0.6 is 0 Å². The molecule has 2 aliphatic rings. The number of hydrogen-bond donors (Lipinski definition) is 0. The minimum Gasteiger partial charge on any atom is -0.0953 e. The van der Waals surface area contributed by atoms with E-state index in [4.69, 9.17) is 0 Å². The van der Waals surface area contributed by atoms with Gasteiger partial charge in [0.05, 0.1) is 0 Å². The zero-order valence-electron chi connectivity index (χ0n) is 12.4. The van der Waals surface area contributed by atoms with Crippen LogP contribution in [0.5, 0.6) is 0 Å². The second-order valence-corrected chi connectivity index (χ2v) is 6.96. The average Bonchev–Trinajstić information content (AvgIpc) is 2.39. The van der Waals surface area contributed by atoms with Gasteiger partial charge in [-0.2, -0.15) is 0 Å². The summed E-state index contributed by atoms with van der Waals surface area (Å²) in [5, 5.41) is 0. The molecule has 0 heteroatoms. The third-order valence-electron chi connectivity index (χ3n) is 5.43. The first-order chi connectivity index (χ1) is 8.58. The van der Waals surface area contributed by atoms with Crippen LogP contribution in [0.25, 0.3) is 0 Å². The van der Waals surface area contributed by atoms with E-state index in [1.54, 1.807) is 0 Å². The van der Waals surface area contributed by atoms with E-state index in [1.807, 2.05) is 0 Å². The van der Waals surface area contributed by atoms with Gasteiger partial charge >= 0.3 is 0 Å². The zero-order valence-corrected chi connectivity index (χ0v) is 12.4. The Bertz CT molecular complexity index is 264. The smallest absolute Gasteiger partial charge is 0.0165 e. The SMILES string of the molecule is C=C(C(=C)C1CCC(C)CC1)C1CCC(C)CC1. The molecule has 2 saturated carbocycles. The lowest BCUT2D eigenvalue weighted by molar-refractivity contribution is 0.301. The van der Waals surface area contributed by atoms with E-state index in [9.17, 15) is 0 Å². The standard InChI is InChI=1S/C18H30/c1-13-5-9-17(10-6-13)15(3)16(4)18-11-7-14(2)8-12-18/h13-14,17-18H,3-12H2,1-2H3. The molecule has 0 atom stereocenters. The first-order valence-corrected chi connectivity index (χ1v) is 7.96. The molecule has 102 valence electrons. The molecule has 0 aromatic heterocycles. The highest BCUT2D eigenvalue weighted by atomic mass is 14.3. The van der Waals surface area contributed by atoms with Crippen LogP contribution in [0.3, 0.4) is 0 Å². The van der Waals surface area contributed by atoms with E-state index in [1.165, 1.54) is 62.5 Å². The average molecular weight is 246 g/mol. The Morgan fingerprint density at radius 1 is 0.611 bits per heavy atom. The van der Waals surface area contributed by atoms with Crippen molar-refractivity contribution in [2.24, 2.45) is 23.7 Å². The Morgan fingerprint density at radius 3 is 1.17 bits per heavy atom. The molecule has 2 rings (SSSR count). The van der Waals surface area contributed by atoms with Crippen molar-refractivity contribution in [3.8, 4) is 0 Å². The summed E-state index contributed by atoms with van der Waals surface area (Å²) < 4.78 is 0. The summed E-state index contributed by atoms with van der Waals surface area (Å²) in [6.45, 7) is 13.6. The molecule has 0 heterocycles. The van der Waals surface area contributed by atoms with Gasteiger partial charge in [0.1, 0.15) is 0 Å². The Labute approximate surface area is 114 Å². The Hall–Kier alpha value is -0.520. The molecule has 0 radical (unpaired) electrons. The minimum atomic E-state index is 0.744. The van der Waals surface area contributed by atoms with Crippen LogP contribution in [0.2, 0.25) is 0 Å². The summed E-state index contributed by atoms with van der Waals surface area (Å²) in [4.78, 5) is 0. The minimum absolute atomic E-state index is 0.744. The Morgan fingerprint density at radius 2 is 0.889 bits per heavy atom. The third kappa shape index (κ3) is 3.28. The molecular formula is C18H30. The number of allylic oxidation sites excluding steroid dienone is 2. The van der Waals surface area contributed by atoms with E-state index in [2.05, 4.69) is 27.0 Å². The van der Waals surface area contributed by atoms with Gasteiger partial charge in [0.2, 0.25) is 0 Å². The van der Waals surface area contributed by atoms with Crippen molar-refractivity contribution in [1.82, 2.24) is 0 Å². The molecule has 18 heavy (non-hydrogen) atoms. The van der Waals surface area contributed by atoms with E-state index in [-0.39, 0.29) is 0 Å². The third-order valence-corrected chi connectivity index (χ3v) is 5.43. The van der Waals surface area contributed by atoms with Crippen LogP contribution in [0.1, 0.15) is 65.2 Å². The zero-order chi connectivity index (χ0) is 13.1. The van der Waals surface area contributed by atoms with Crippen molar-refractivity contribution in [1.29, 1.82) is 0 Å². The Kier molecular flexibility index (Phi) is 4.70. The summed E-state index contributed by atoms with van der Waals surface area (Å²) in [6, 6.07) is 0. The van der Waals surface area contributed by atoms with Crippen LogP contribution in [0.4, 0.5) is 0 Å². The molecule has 0 saturated heterocycles.